The average molecular weight is 334 g/mol. The van der Waals surface area contributed by atoms with Crippen LogP contribution in [0.4, 0.5) is 4.39 Å². The Labute approximate surface area is 146 Å². The summed E-state index contributed by atoms with van der Waals surface area (Å²) in [7, 11) is 0. The lowest BCUT2D eigenvalue weighted by Crippen LogP contribution is -1.98. The van der Waals surface area contributed by atoms with E-state index in [1.165, 1.54) is 12.1 Å². The molecular formula is C21H19FN2O. The number of Topliss-reactive ketones (excluding diaryl/α,β-unsaturated/α-hetero) is 1. The summed E-state index contributed by atoms with van der Waals surface area (Å²) < 4.78 is 15.1. The van der Waals surface area contributed by atoms with E-state index in [0.29, 0.717) is 5.92 Å². The van der Waals surface area contributed by atoms with Crippen LogP contribution in [0.1, 0.15) is 18.9 Å². The van der Waals surface area contributed by atoms with Crippen molar-refractivity contribution >= 4 is 5.78 Å². The molecule has 4 heteroatoms. The molecule has 0 N–H and O–H groups in total. The van der Waals surface area contributed by atoms with Crippen LogP contribution < -0.4 is 0 Å². The maximum absolute atomic E-state index is 13.3. The first kappa shape index (κ1) is 15.8. The van der Waals surface area contributed by atoms with Crippen LogP contribution in [0, 0.1) is 17.7 Å². The molecule has 2 aromatic carbocycles. The number of para-hydroxylation sites is 1. The molecule has 2 atom stereocenters. The average Bonchev–Trinajstić information content (AvgIpc) is 3.27. The van der Waals surface area contributed by atoms with Gasteiger partial charge in [-0.25, -0.2) is 9.07 Å². The summed E-state index contributed by atoms with van der Waals surface area (Å²) in [6.07, 6.45) is 3.81. The molecule has 3 nitrogen and oxygen atoms in total. The second kappa shape index (κ2) is 6.28. The lowest BCUT2D eigenvalue weighted by atomic mass is 10.0. The lowest BCUT2D eigenvalue weighted by Gasteiger charge is -2.02. The van der Waals surface area contributed by atoms with Gasteiger partial charge in [-0.15, -0.1) is 0 Å². The van der Waals surface area contributed by atoms with Crippen LogP contribution in [0.3, 0.4) is 0 Å². The van der Waals surface area contributed by atoms with E-state index in [9.17, 15) is 9.18 Å². The minimum Gasteiger partial charge on any atom is -0.300 e. The molecule has 0 unspecified atom stereocenters. The summed E-state index contributed by atoms with van der Waals surface area (Å²) in [6, 6.07) is 16.3. The molecule has 1 aliphatic carbocycles. The van der Waals surface area contributed by atoms with Gasteiger partial charge in [0.05, 0.1) is 11.4 Å². The number of halogens is 1. The van der Waals surface area contributed by atoms with E-state index in [1.807, 2.05) is 41.2 Å². The van der Waals surface area contributed by atoms with E-state index in [4.69, 9.17) is 5.10 Å². The summed E-state index contributed by atoms with van der Waals surface area (Å²) in [4.78, 5) is 11.6. The lowest BCUT2D eigenvalue weighted by molar-refractivity contribution is -0.118. The third-order valence-corrected chi connectivity index (χ3v) is 4.86. The van der Waals surface area contributed by atoms with Crippen molar-refractivity contribution in [3.05, 3.63) is 72.2 Å². The standard InChI is InChI=1S/C21H19FN2O/c1-14(25)20-12-16(20)11-17-13-24(19-5-3-2-4-6-19)23-21(17)15-7-9-18(22)10-8-15/h2-10,13,16,20H,11-12H2,1H3/t16-,20+/m1/s1. The fraction of sp³-hybridized carbons (Fsp3) is 0.238. The summed E-state index contributed by atoms with van der Waals surface area (Å²) in [6.45, 7) is 1.67. The van der Waals surface area contributed by atoms with Crippen LogP contribution in [-0.2, 0) is 11.2 Å². The zero-order chi connectivity index (χ0) is 17.4. The Hall–Kier alpha value is -2.75. The molecule has 0 amide bonds. The highest BCUT2D eigenvalue weighted by molar-refractivity contribution is 5.81. The number of hydrogen-bond acceptors (Lipinski definition) is 2. The molecule has 1 aromatic heterocycles. The summed E-state index contributed by atoms with van der Waals surface area (Å²) in [5.41, 5.74) is 3.84. The zero-order valence-electron chi connectivity index (χ0n) is 14.0. The van der Waals surface area contributed by atoms with Gasteiger partial charge in [0.1, 0.15) is 11.6 Å². The monoisotopic (exact) mass is 334 g/mol. The molecule has 25 heavy (non-hydrogen) atoms. The number of rotatable bonds is 5. The third-order valence-electron chi connectivity index (χ3n) is 4.86. The summed E-state index contributed by atoms with van der Waals surface area (Å²) >= 11 is 0. The van der Waals surface area contributed by atoms with Gasteiger partial charge in [-0.2, -0.15) is 5.10 Å². The van der Waals surface area contributed by atoms with E-state index in [2.05, 4.69) is 0 Å². The number of aromatic nitrogens is 2. The van der Waals surface area contributed by atoms with Crippen LogP contribution in [0.2, 0.25) is 0 Å². The number of ketones is 1. The fourth-order valence-corrected chi connectivity index (χ4v) is 3.38. The molecule has 1 fully saturated rings. The third kappa shape index (κ3) is 3.25. The number of benzene rings is 2. The molecule has 0 radical (unpaired) electrons. The van der Waals surface area contributed by atoms with Crippen molar-refractivity contribution in [3.8, 4) is 16.9 Å². The van der Waals surface area contributed by atoms with Gasteiger partial charge in [0.2, 0.25) is 0 Å². The molecule has 126 valence electrons. The molecule has 1 saturated carbocycles. The Balaban J connectivity index is 1.71. The van der Waals surface area contributed by atoms with E-state index >= 15 is 0 Å². The van der Waals surface area contributed by atoms with Crippen molar-refractivity contribution in [1.82, 2.24) is 9.78 Å². The molecular weight excluding hydrogens is 315 g/mol. The molecule has 0 spiro atoms. The van der Waals surface area contributed by atoms with Gasteiger partial charge in [-0.05, 0) is 67.6 Å². The van der Waals surface area contributed by atoms with Crippen molar-refractivity contribution in [2.24, 2.45) is 11.8 Å². The largest absolute Gasteiger partial charge is 0.300 e. The minimum absolute atomic E-state index is 0.182. The van der Waals surface area contributed by atoms with Crippen molar-refractivity contribution < 1.29 is 9.18 Å². The van der Waals surface area contributed by atoms with Crippen LogP contribution in [0.15, 0.2) is 60.8 Å². The smallest absolute Gasteiger partial charge is 0.133 e. The normalized spacial score (nSPS) is 19.0. The Morgan fingerprint density at radius 2 is 1.88 bits per heavy atom. The molecule has 0 saturated heterocycles. The van der Waals surface area contributed by atoms with Crippen molar-refractivity contribution in [3.63, 3.8) is 0 Å². The molecule has 1 aliphatic rings. The first-order chi connectivity index (χ1) is 12.1. The zero-order valence-corrected chi connectivity index (χ0v) is 14.0. The van der Waals surface area contributed by atoms with Crippen LogP contribution >= 0.6 is 0 Å². The highest BCUT2D eigenvalue weighted by Crippen LogP contribution is 2.43. The van der Waals surface area contributed by atoms with E-state index < -0.39 is 0 Å². The number of hydrogen-bond donors (Lipinski definition) is 0. The Morgan fingerprint density at radius 1 is 1.16 bits per heavy atom. The number of nitrogens with zero attached hydrogens (tertiary/aromatic N) is 2. The predicted molar refractivity (Wildman–Crippen MR) is 94.9 cm³/mol. The fourth-order valence-electron chi connectivity index (χ4n) is 3.38. The first-order valence-corrected chi connectivity index (χ1v) is 8.52. The highest BCUT2D eigenvalue weighted by atomic mass is 19.1. The number of carbonyl (C=O) groups excluding carboxylic acids is 1. The molecule has 0 aliphatic heterocycles. The van der Waals surface area contributed by atoms with Crippen LogP contribution in [0.5, 0.6) is 0 Å². The second-order valence-corrected chi connectivity index (χ2v) is 6.71. The topological polar surface area (TPSA) is 34.9 Å². The van der Waals surface area contributed by atoms with Gasteiger partial charge in [0, 0.05) is 17.7 Å². The molecule has 1 heterocycles. The van der Waals surface area contributed by atoms with Gasteiger partial charge >= 0.3 is 0 Å². The Bertz CT molecular complexity index is 899. The first-order valence-electron chi connectivity index (χ1n) is 8.52. The van der Waals surface area contributed by atoms with E-state index in [1.54, 1.807) is 19.1 Å². The van der Waals surface area contributed by atoms with Gasteiger partial charge in [0.15, 0.2) is 0 Å². The van der Waals surface area contributed by atoms with Crippen molar-refractivity contribution in [2.75, 3.05) is 0 Å². The molecule has 4 rings (SSSR count). The van der Waals surface area contributed by atoms with Gasteiger partial charge in [0.25, 0.3) is 0 Å². The molecule has 0 bridgehead atoms. The highest BCUT2D eigenvalue weighted by Gasteiger charge is 2.41. The van der Waals surface area contributed by atoms with Crippen molar-refractivity contribution in [1.29, 1.82) is 0 Å². The SMILES string of the molecule is CC(=O)[C@@H]1C[C@H]1Cc1cn(-c2ccccc2)nc1-c1ccc(F)cc1. The quantitative estimate of drug-likeness (QED) is 0.691. The number of carbonyl (C=O) groups is 1. The maximum Gasteiger partial charge on any atom is 0.133 e. The molecule has 3 aromatic rings. The van der Waals surface area contributed by atoms with E-state index in [0.717, 1.165) is 35.3 Å². The van der Waals surface area contributed by atoms with Crippen LogP contribution in [-0.4, -0.2) is 15.6 Å². The van der Waals surface area contributed by atoms with Gasteiger partial charge < -0.3 is 0 Å². The van der Waals surface area contributed by atoms with Gasteiger partial charge in [-0.1, -0.05) is 18.2 Å². The minimum atomic E-state index is -0.258. The maximum atomic E-state index is 13.3. The van der Waals surface area contributed by atoms with Crippen LogP contribution in [0.25, 0.3) is 16.9 Å². The van der Waals surface area contributed by atoms with E-state index in [-0.39, 0.29) is 17.5 Å². The summed E-state index contributed by atoms with van der Waals surface area (Å²) in [5, 5.41) is 4.74. The second-order valence-electron chi connectivity index (χ2n) is 6.71. The predicted octanol–water partition coefficient (Wildman–Crippen LogP) is 4.45. The van der Waals surface area contributed by atoms with Crippen molar-refractivity contribution in [2.45, 2.75) is 19.8 Å². The van der Waals surface area contributed by atoms with Gasteiger partial charge in [-0.3, -0.25) is 4.79 Å². The Kier molecular flexibility index (Phi) is 3.96. The Morgan fingerprint density at radius 3 is 2.52 bits per heavy atom. The summed E-state index contributed by atoms with van der Waals surface area (Å²) in [5.74, 6) is 0.585.